The quantitative estimate of drug-likeness (QED) is 0.401. The highest BCUT2D eigenvalue weighted by Crippen LogP contribution is 2.33. The summed E-state index contributed by atoms with van der Waals surface area (Å²) >= 11 is 0.855. The molecule has 0 atom stereocenters. The van der Waals surface area contributed by atoms with E-state index in [2.05, 4.69) is 0 Å². The molecule has 7 nitrogen and oxygen atoms in total. The van der Waals surface area contributed by atoms with Crippen molar-refractivity contribution in [2.75, 3.05) is 0 Å². The molecule has 0 aromatic heterocycles. The SMILES string of the molecule is CC(C)Oc1ccc(C=C2SC(=O)N(Cc3cccc([N+](=O)[O-])c3)C2=O)cc1. The zero-order valence-corrected chi connectivity index (χ0v) is 16.1. The average Bonchev–Trinajstić information content (AvgIpc) is 2.90. The second kappa shape index (κ2) is 8.26. The first kappa shape index (κ1) is 19.6. The van der Waals surface area contributed by atoms with E-state index in [-0.39, 0.29) is 18.3 Å². The Morgan fingerprint density at radius 3 is 2.54 bits per heavy atom. The van der Waals surface area contributed by atoms with Gasteiger partial charge in [0.15, 0.2) is 0 Å². The van der Waals surface area contributed by atoms with E-state index < -0.39 is 16.1 Å². The van der Waals surface area contributed by atoms with Crippen LogP contribution >= 0.6 is 11.8 Å². The normalized spacial score (nSPS) is 15.5. The van der Waals surface area contributed by atoms with E-state index >= 15 is 0 Å². The number of non-ortho nitro benzene ring substituents is 1. The second-order valence-electron chi connectivity index (χ2n) is 6.43. The fourth-order valence-electron chi connectivity index (χ4n) is 2.65. The predicted molar refractivity (Wildman–Crippen MR) is 107 cm³/mol. The molecule has 1 aliphatic heterocycles. The van der Waals surface area contributed by atoms with Crippen molar-refractivity contribution in [3.05, 3.63) is 74.7 Å². The number of nitro groups is 1. The van der Waals surface area contributed by atoms with Crippen molar-refractivity contribution in [2.45, 2.75) is 26.5 Å². The van der Waals surface area contributed by atoms with Gasteiger partial charge in [-0.15, -0.1) is 0 Å². The topological polar surface area (TPSA) is 89.8 Å². The molecule has 2 aromatic carbocycles. The molecule has 0 radical (unpaired) electrons. The van der Waals surface area contributed by atoms with E-state index in [1.807, 2.05) is 26.0 Å². The molecule has 144 valence electrons. The van der Waals surface area contributed by atoms with Crippen LogP contribution in [0.2, 0.25) is 0 Å². The molecule has 1 aliphatic rings. The summed E-state index contributed by atoms with van der Waals surface area (Å²) in [5, 5.41) is 10.5. The highest BCUT2D eigenvalue weighted by Gasteiger charge is 2.35. The van der Waals surface area contributed by atoms with Gasteiger partial charge >= 0.3 is 0 Å². The van der Waals surface area contributed by atoms with Gasteiger partial charge in [0.2, 0.25) is 0 Å². The number of imide groups is 1. The highest BCUT2D eigenvalue weighted by molar-refractivity contribution is 8.18. The molecule has 3 rings (SSSR count). The van der Waals surface area contributed by atoms with Gasteiger partial charge in [-0.25, -0.2) is 0 Å². The number of carbonyl (C=O) groups is 2. The molecule has 8 heteroatoms. The summed E-state index contributed by atoms with van der Waals surface area (Å²) in [6.07, 6.45) is 1.72. The van der Waals surface area contributed by atoms with Crippen molar-refractivity contribution >= 4 is 34.7 Å². The van der Waals surface area contributed by atoms with Crippen molar-refractivity contribution in [1.29, 1.82) is 0 Å². The Morgan fingerprint density at radius 1 is 1.18 bits per heavy atom. The Hall–Kier alpha value is -3.13. The van der Waals surface area contributed by atoms with Crippen molar-refractivity contribution < 1.29 is 19.2 Å². The maximum atomic E-state index is 12.6. The van der Waals surface area contributed by atoms with Crippen LogP contribution in [0.4, 0.5) is 10.5 Å². The van der Waals surface area contributed by atoms with Gasteiger partial charge in [-0.1, -0.05) is 24.3 Å². The average molecular weight is 398 g/mol. The fourth-order valence-corrected chi connectivity index (χ4v) is 3.49. The van der Waals surface area contributed by atoms with Gasteiger partial charge in [0.05, 0.1) is 22.5 Å². The molecule has 1 saturated heterocycles. The zero-order chi connectivity index (χ0) is 20.3. The van der Waals surface area contributed by atoms with Gasteiger partial charge < -0.3 is 4.74 Å². The number of carbonyl (C=O) groups excluding carboxylic acids is 2. The molecule has 1 heterocycles. The van der Waals surface area contributed by atoms with Gasteiger partial charge in [0, 0.05) is 12.1 Å². The lowest BCUT2D eigenvalue weighted by atomic mass is 10.2. The lowest BCUT2D eigenvalue weighted by molar-refractivity contribution is -0.384. The molecule has 0 spiro atoms. The summed E-state index contributed by atoms with van der Waals surface area (Å²) in [4.78, 5) is 36.7. The number of nitro benzene ring substituents is 1. The highest BCUT2D eigenvalue weighted by atomic mass is 32.2. The number of benzene rings is 2. The maximum Gasteiger partial charge on any atom is 0.293 e. The molecular weight excluding hydrogens is 380 g/mol. The van der Waals surface area contributed by atoms with E-state index in [1.165, 1.54) is 18.2 Å². The number of hydrogen-bond acceptors (Lipinski definition) is 6. The minimum absolute atomic E-state index is 0.00907. The van der Waals surface area contributed by atoms with Gasteiger partial charge in [-0.05, 0) is 54.9 Å². The number of nitrogens with zero attached hydrogens (tertiary/aromatic N) is 2. The Kier molecular flexibility index (Phi) is 5.79. The Bertz CT molecular complexity index is 953. The van der Waals surface area contributed by atoms with Gasteiger partial charge in [0.25, 0.3) is 16.8 Å². The summed E-state index contributed by atoms with van der Waals surface area (Å²) in [5.74, 6) is 0.315. The molecule has 0 saturated carbocycles. The Labute approximate surface area is 166 Å². The summed E-state index contributed by atoms with van der Waals surface area (Å²) < 4.78 is 5.58. The third kappa shape index (κ3) is 4.58. The number of amides is 2. The first-order chi connectivity index (χ1) is 13.3. The van der Waals surface area contributed by atoms with E-state index in [4.69, 9.17) is 4.74 Å². The van der Waals surface area contributed by atoms with Crippen LogP contribution in [0.15, 0.2) is 53.4 Å². The molecule has 2 aromatic rings. The van der Waals surface area contributed by atoms with Gasteiger partial charge in [0.1, 0.15) is 5.75 Å². The van der Waals surface area contributed by atoms with E-state index in [0.29, 0.717) is 10.5 Å². The summed E-state index contributed by atoms with van der Waals surface area (Å²) in [7, 11) is 0. The van der Waals surface area contributed by atoms with Crippen LogP contribution in [-0.4, -0.2) is 27.1 Å². The lowest BCUT2D eigenvalue weighted by Gasteiger charge is -2.12. The van der Waals surface area contributed by atoms with Crippen molar-refractivity contribution in [2.24, 2.45) is 0 Å². The molecule has 0 bridgehead atoms. The van der Waals surface area contributed by atoms with E-state index in [9.17, 15) is 19.7 Å². The van der Waals surface area contributed by atoms with Crippen molar-refractivity contribution in [3.63, 3.8) is 0 Å². The van der Waals surface area contributed by atoms with Crippen LogP contribution < -0.4 is 4.74 Å². The molecule has 0 N–H and O–H groups in total. The molecular formula is C20H18N2O5S. The zero-order valence-electron chi connectivity index (χ0n) is 15.3. The predicted octanol–water partition coefficient (Wildman–Crippen LogP) is 4.62. The monoisotopic (exact) mass is 398 g/mol. The molecule has 1 fully saturated rings. The number of hydrogen-bond donors (Lipinski definition) is 0. The number of ether oxygens (including phenoxy) is 1. The van der Waals surface area contributed by atoms with Crippen LogP contribution in [0, 0.1) is 10.1 Å². The largest absolute Gasteiger partial charge is 0.491 e. The van der Waals surface area contributed by atoms with Gasteiger partial charge in [-0.2, -0.15) is 0 Å². The van der Waals surface area contributed by atoms with Gasteiger partial charge in [-0.3, -0.25) is 24.6 Å². The van der Waals surface area contributed by atoms with Crippen LogP contribution in [0.3, 0.4) is 0 Å². The van der Waals surface area contributed by atoms with Crippen LogP contribution in [-0.2, 0) is 11.3 Å². The van der Waals surface area contributed by atoms with E-state index in [0.717, 1.165) is 28.0 Å². The summed E-state index contributed by atoms with van der Waals surface area (Å²) in [6.45, 7) is 3.86. The maximum absolute atomic E-state index is 12.6. The molecule has 28 heavy (non-hydrogen) atoms. The minimum atomic E-state index is -0.510. The lowest BCUT2D eigenvalue weighted by Crippen LogP contribution is -2.27. The molecule has 0 aliphatic carbocycles. The molecule has 2 amide bonds. The standard InChI is InChI=1S/C20H18N2O5S/c1-13(2)27-17-8-6-14(7-9-17)11-18-19(23)21(20(24)28-18)12-15-4-3-5-16(10-15)22(25)26/h3-11,13H,12H2,1-2H3. The Morgan fingerprint density at radius 2 is 1.89 bits per heavy atom. The van der Waals surface area contributed by atoms with Crippen molar-refractivity contribution in [3.8, 4) is 5.75 Å². The second-order valence-corrected chi connectivity index (χ2v) is 7.42. The Balaban J connectivity index is 1.75. The number of thioether (sulfide) groups is 1. The smallest absolute Gasteiger partial charge is 0.293 e. The summed E-state index contributed by atoms with van der Waals surface area (Å²) in [6, 6.07) is 13.1. The fraction of sp³-hybridized carbons (Fsp3) is 0.200. The minimum Gasteiger partial charge on any atom is -0.491 e. The van der Waals surface area contributed by atoms with Crippen LogP contribution in [0.1, 0.15) is 25.0 Å². The summed E-state index contributed by atoms with van der Waals surface area (Å²) in [5.41, 5.74) is 1.22. The van der Waals surface area contributed by atoms with E-state index in [1.54, 1.807) is 24.3 Å². The first-order valence-corrected chi connectivity index (χ1v) is 9.40. The third-order valence-electron chi connectivity index (χ3n) is 3.89. The third-order valence-corrected chi connectivity index (χ3v) is 4.79. The van der Waals surface area contributed by atoms with Crippen LogP contribution in [0.25, 0.3) is 6.08 Å². The molecule has 0 unspecified atom stereocenters. The first-order valence-electron chi connectivity index (χ1n) is 8.59. The van der Waals surface area contributed by atoms with Crippen molar-refractivity contribution in [1.82, 2.24) is 4.90 Å². The van der Waals surface area contributed by atoms with Crippen LogP contribution in [0.5, 0.6) is 5.75 Å². The number of rotatable bonds is 6.